The number of ketones is 5. The number of para-hydroxylation sites is 2. The lowest BCUT2D eigenvalue weighted by atomic mass is 10.1. The predicted molar refractivity (Wildman–Crippen MR) is 446 cm³/mol. The summed E-state index contributed by atoms with van der Waals surface area (Å²) >= 11 is 6.45. The summed E-state index contributed by atoms with van der Waals surface area (Å²) in [6, 6.07) is 40.8. The number of unbranched alkanes of at least 4 members (excludes halogenated alkanes) is 4. The molecule has 0 aliphatic carbocycles. The first-order valence-corrected chi connectivity index (χ1v) is 42.3. The molecule has 0 bridgehead atoms. The second-order valence-corrected chi connectivity index (χ2v) is 30.9. The Morgan fingerprint density at radius 3 is 0.936 bits per heavy atom. The number of aromatic amines is 6. The standard InChI is InChI=1S/C17H18N4O2S.2C17H20N2O2S.C16H18N2O2S.C16H26N2O2S/c1-2-5-11-8-16(23)21-17(18-11)24-10-12(22)9-15-19-13-6-3-4-7-14(13)20-15;2*1-3-4-14-10-16(21)19-17(18-14)22-11-15(20)9-13-7-5-12(2)6-8-13;1-2-6-13-10-15(20)18-16(17-13)21-11-14(19)9-12-7-4-3-5-8-12;1-3-5-6-7-8-10-14(19)12-21-16-17-13(9-4-2)11-15(20)18-16/h3-4,6-8H,2,5,9-10H2,1H3,(H,19,20)(H,18,21,23);2*5-8,10H,3-4,9,11H2,1-2H3,(H,18,19,21);3-5,7-8,10H,2,6,9,11H2,1H3,(H,17,18,20);11H,3-10,12H2,1-2H3,(H,17,18,20). The van der Waals surface area contributed by atoms with E-state index in [0.717, 1.165) is 133 Å². The van der Waals surface area contributed by atoms with Gasteiger partial charge in [-0.15, -0.1) is 0 Å². The molecule has 6 aromatic heterocycles. The van der Waals surface area contributed by atoms with Crippen molar-refractivity contribution in [3.63, 3.8) is 0 Å². The molecule has 0 unspecified atom stereocenters. The van der Waals surface area contributed by atoms with Gasteiger partial charge in [0.1, 0.15) is 29.0 Å². The van der Waals surface area contributed by atoms with Gasteiger partial charge in [0.2, 0.25) is 0 Å². The highest BCUT2D eigenvalue weighted by molar-refractivity contribution is 8.00. The zero-order valence-electron chi connectivity index (χ0n) is 64.2. The molecule has 110 heavy (non-hydrogen) atoms. The number of hydrogen-bond donors (Lipinski definition) is 6. The highest BCUT2D eigenvalue weighted by atomic mass is 32.2. The van der Waals surface area contributed by atoms with Gasteiger partial charge in [0, 0.05) is 84.5 Å². The third-order valence-corrected chi connectivity index (χ3v) is 20.6. The van der Waals surface area contributed by atoms with Crippen LogP contribution < -0.4 is 27.8 Å². The van der Waals surface area contributed by atoms with E-state index in [1.165, 1.54) is 120 Å². The van der Waals surface area contributed by atoms with Gasteiger partial charge in [-0.3, -0.25) is 47.9 Å². The minimum absolute atomic E-state index is 0.0302. The van der Waals surface area contributed by atoms with Gasteiger partial charge in [0.05, 0.1) is 46.2 Å². The van der Waals surface area contributed by atoms with E-state index < -0.39 is 0 Å². The van der Waals surface area contributed by atoms with Crippen molar-refractivity contribution in [3.8, 4) is 0 Å². The summed E-state index contributed by atoms with van der Waals surface area (Å²) in [7, 11) is 0. The summed E-state index contributed by atoms with van der Waals surface area (Å²) < 4.78 is 0. The van der Waals surface area contributed by atoms with Crippen LogP contribution in [0, 0.1) is 13.8 Å². The highest BCUT2D eigenvalue weighted by Gasteiger charge is 2.15. The Morgan fingerprint density at radius 1 is 0.309 bits per heavy atom. The van der Waals surface area contributed by atoms with Crippen LogP contribution in [0.1, 0.15) is 174 Å². The van der Waals surface area contributed by atoms with Gasteiger partial charge in [-0.2, -0.15) is 0 Å². The van der Waals surface area contributed by atoms with Crippen molar-refractivity contribution in [2.75, 3.05) is 28.8 Å². The summed E-state index contributed by atoms with van der Waals surface area (Å²) in [5.74, 6) is 2.86. The maximum atomic E-state index is 12.2. The Morgan fingerprint density at radius 2 is 0.609 bits per heavy atom. The fourth-order valence-corrected chi connectivity index (χ4v) is 14.4. The molecule has 0 amide bonds. The van der Waals surface area contributed by atoms with Crippen LogP contribution in [0.2, 0.25) is 0 Å². The van der Waals surface area contributed by atoms with Gasteiger partial charge in [0.25, 0.3) is 27.8 Å². The maximum Gasteiger partial charge on any atom is 0.251 e. The van der Waals surface area contributed by atoms with E-state index in [1.54, 1.807) is 0 Å². The number of rotatable bonds is 39. The van der Waals surface area contributed by atoms with Crippen molar-refractivity contribution in [1.29, 1.82) is 0 Å². The fourth-order valence-electron chi connectivity index (χ4n) is 10.6. The number of H-pyrrole nitrogens is 6. The topological polar surface area (TPSA) is 343 Å². The monoisotopic (exact) mass is 1590 g/mol. The van der Waals surface area contributed by atoms with Gasteiger partial charge in [-0.1, -0.05) is 260 Å². The summed E-state index contributed by atoms with van der Waals surface area (Å²) in [6.45, 7) is 16.4. The Labute approximate surface area is 663 Å². The molecule has 0 saturated heterocycles. The first-order valence-electron chi connectivity index (χ1n) is 37.4. The van der Waals surface area contributed by atoms with Crippen LogP contribution in [0.5, 0.6) is 0 Å². The summed E-state index contributed by atoms with van der Waals surface area (Å²) in [6.07, 6.45) is 16.4. The van der Waals surface area contributed by atoms with Crippen LogP contribution in [-0.2, 0) is 81.8 Å². The number of imidazole rings is 1. The number of aromatic nitrogens is 12. The lowest BCUT2D eigenvalue weighted by Crippen LogP contribution is -2.12. The average molecular weight is 1590 g/mol. The van der Waals surface area contributed by atoms with Gasteiger partial charge in [0.15, 0.2) is 31.6 Å². The quantitative estimate of drug-likeness (QED) is 0.0118. The van der Waals surface area contributed by atoms with Crippen molar-refractivity contribution < 1.29 is 24.0 Å². The zero-order chi connectivity index (χ0) is 79.4. The molecular weight excluding hydrogens is 1490 g/mol. The predicted octanol–water partition coefficient (Wildman–Crippen LogP) is 14.7. The molecule has 0 aliphatic rings. The average Bonchev–Trinajstić information content (AvgIpc) is 1.48. The molecule has 22 nitrogen and oxygen atoms in total. The van der Waals surface area contributed by atoms with Crippen LogP contribution in [0.15, 0.2) is 183 Å². The lowest BCUT2D eigenvalue weighted by molar-refractivity contribution is -0.117. The number of Topliss-reactive ketones (excluding diaryl/α,β-unsaturated/α-hetero) is 5. The summed E-state index contributed by atoms with van der Waals surface area (Å²) in [5.41, 5.74) is 10.3. The molecule has 0 atom stereocenters. The number of benzene rings is 4. The largest absolute Gasteiger partial charge is 0.342 e. The third kappa shape index (κ3) is 36.6. The van der Waals surface area contributed by atoms with E-state index in [-0.39, 0.29) is 68.9 Å². The second-order valence-electron chi connectivity index (χ2n) is 26.1. The van der Waals surface area contributed by atoms with E-state index in [2.05, 4.69) is 73.7 Å². The van der Waals surface area contributed by atoms with Crippen LogP contribution in [-0.4, -0.2) is 117 Å². The Balaban J connectivity index is 0.000000215. The van der Waals surface area contributed by atoms with E-state index in [0.29, 0.717) is 80.3 Å². The second kappa shape index (κ2) is 50.6. The molecule has 10 rings (SSSR count). The van der Waals surface area contributed by atoms with Crippen LogP contribution >= 0.6 is 58.8 Å². The number of nitrogens with zero attached hydrogens (tertiary/aromatic N) is 6. The number of carbonyl (C=O) groups is 5. The molecule has 27 heteroatoms. The highest BCUT2D eigenvalue weighted by Crippen LogP contribution is 2.20. The van der Waals surface area contributed by atoms with Crippen molar-refractivity contribution in [3.05, 3.63) is 247 Å². The molecule has 0 saturated carbocycles. The van der Waals surface area contributed by atoms with Crippen molar-refractivity contribution in [1.82, 2.24) is 59.8 Å². The smallest absolute Gasteiger partial charge is 0.251 e. The van der Waals surface area contributed by atoms with E-state index in [4.69, 9.17) is 0 Å². The molecule has 4 aromatic carbocycles. The number of hydrogen-bond acceptors (Lipinski definition) is 21. The van der Waals surface area contributed by atoms with Crippen LogP contribution in [0.3, 0.4) is 0 Å². The number of fused-ring (bicyclic) bond motifs is 1. The molecule has 6 N–H and O–H groups in total. The van der Waals surface area contributed by atoms with Crippen molar-refractivity contribution in [2.24, 2.45) is 0 Å². The SMILES string of the molecule is CCCCCCCC(=O)CSc1nc(CCC)cc(=O)[nH]1.CCCc1cc(=O)[nH]c(SCC(=O)Cc2ccc(C)cc2)n1.CCCc1cc(=O)[nH]c(SCC(=O)Cc2ccc(C)cc2)n1.CCCc1cc(=O)[nH]c(SCC(=O)Cc2ccccc2)n1.CCCc1cc(=O)[nH]c(SCC(=O)Cc2nc3ccccc3[nH]2)n1. The molecule has 6 heterocycles. The lowest BCUT2D eigenvalue weighted by Gasteiger charge is -2.04. The number of thioether (sulfide) groups is 5. The maximum absolute atomic E-state index is 12.2. The number of nitrogens with one attached hydrogen (secondary N) is 6. The Bertz CT molecular complexity index is 4670. The van der Waals surface area contributed by atoms with Gasteiger partial charge in [-0.05, 0) is 81.2 Å². The molecule has 0 aliphatic heterocycles. The summed E-state index contributed by atoms with van der Waals surface area (Å²) in [4.78, 5) is 160. The summed E-state index contributed by atoms with van der Waals surface area (Å²) in [5, 5.41) is 2.61. The van der Waals surface area contributed by atoms with Gasteiger partial charge >= 0.3 is 0 Å². The molecule has 10 aromatic rings. The van der Waals surface area contributed by atoms with E-state index in [9.17, 15) is 47.9 Å². The molecule has 584 valence electrons. The first-order chi connectivity index (χ1) is 53.1. The van der Waals surface area contributed by atoms with Crippen molar-refractivity contribution >= 4 is 98.8 Å². The molecule has 0 radical (unpaired) electrons. The van der Waals surface area contributed by atoms with E-state index >= 15 is 0 Å². The molecular formula is C83H102N12O10S5. The zero-order valence-corrected chi connectivity index (χ0v) is 68.3. The van der Waals surface area contributed by atoms with Gasteiger partial charge < -0.3 is 29.9 Å². The minimum Gasteiger partial charge on any atom is -0.342 e. The van der Waals surface area contributed by atoms with Crippen LogP contribution in [0.25, 0.3) is 11.0 Å². The Hall–Kier alpha value is -9.15. The first kappa shape index (κ1) is 89.7. The minimum atomic E-state index is -0.180. The van der Waals surface area contributed by atoms with Crippen LogP contribution in [0.4, 0.5) is 0 Å². The normalized spacial score (nSPS) is 10.7. The van der Waals surface area contributed by atoms with E-state index in [1.807, 2.05) is 145 Å². The third-order valence-electron chi connectivity index (χ3n) is 15.9. The number of carbonyl (C=O) groups excluding carboxylic acids is 5. The van der Waals surface area contributed by atoms with Gasteiger partial charge in [-0.25, -0.2) is 29.9 Å². The fraction of sp³-hybridized carbons (Fsp3) is 0.398. The molecule has 0 spiro atoms. The molecule has 0 fully saturated rings. The van der Waals surface area contributed by atoms with Crippen molar-refractivity contribution in [2.45, 2.75) is 210 Å². The Kier molecular flexibility index (Phi) is 41.3. The number of aryl methyl sites for hydroxylation is 7.